The molecule has 4 nitrogen and oxygen atoms in total. The highest BCUT2D eigenvalue weighted by Gasteiger charge is 2.42. The molecule has 3 aliphatic rings. The molecule has 0 aromatic carbocycles. The second-order valence-electron chi connectivity index (χ2n) is 15.2. The minimum atomic E-state index is -0.149. The molecule has 1 saturated heterocycles. The first-order valence-corrected chi connectivity index (χ1v) is 20.0. The van der Waals surface area contributed by atoms with Gasteiger partial charge < -0.3 is 5.73 Å². The molecule has 3 unspecified atom stereocenters. The van der Waals surface area contributed by atoms with Crippen molar-refractivity contribution in [3.63, 3.8) is 0 Å². The van der Waals surface area contributed by atoms with E-state index >= 15 is 0 Å². The summed E-state index contributed by atoms with van der Waals surface area (Å²) >= 11 is 0. The number of ketones is 1. The van der Waals surface area contributed by atoms with Crippen LogP contribution in [0.1, 0.15) is 170 Å². The number of hydrogen-bond donors (Lipinski definition) is 2. The van der Waals surface area contributed by atoms with E-state index in [-0.39, 0.29) is 17.9 Å². The van der Waals surface area contributed by atoms with Gasteiger partial charge in [0.1, 0.15) is 6.04 Å². The van der Waals surface area contributed by atoms with Crippen LogP contribution in [0.25, 0.3) is 0 Å². The Morgan fingerprint density at radius 2 is 1.31 bits per heavy atom. The van der Waals surface area contributed by atoms with Crippen LogP contribution in [-0.4, -0.2) is 29.9 Å². The molecule has 0 spiro atoms. The van der Waals surface area contributed by atoms with E-state index in [1.165, 1.54) is 122 Å². The Morgan fingerprint density at radius 1 is 0.778 bits per heavy atom. The molecule has 0 bridgehead atoms. The third-order valence-corrected chi connectivity index (χ3v) is 11.8. The summed E-state index contributed by atoms with van der Waals surface area (Å²) in [5.74, 6) is 4.98. The van der Waals surface area contributed by atoms with Crippen molar-refractivity contribution in [2.24, 2.45) is 47.2 Å². The number of rotatable bonds is 18. The number of nitrogens with one attached hydrogen (secondary N) is 1. The predicted molar refractivity (Wildman–Crippen MR) is 197 cm³/mol. The number of carbonyl (C=O) groups excluding carboxylic acids is 1. The zero-order valence-electron chi connectivity index (χ0n) is 30.9. The van der Waals surface area contributed by atoms with E-state index in [2.05, 4.69) is 63.3 Å². The zero-order valence-corrected chi connectivity index (χ0v) is 30.9. The summed E-state index contributed by atoms with van der Waals surface area (Å²) < 4.78 is 0. The topological polar surface area (TPSA) is 58.4 Å². The fraction of sp³-hybridized carbons (Fsp3) is 0.878. The Balaban J connectivity index is 0.000000681. The fourth-order valence-corrected chi connectivity index (χ4v) is 8.49. The summed E-state index contributed by atoms with van der Waals surface area (Å²) in [4.78, 5) is 13.9. The number of unbranched alkanes of at least 4 members (excludes halogenated alkanes) is 3. The molecule has 4 heteroatoms. The molecule has 45 heavy (non-hydrogen) atoms. The van der Waals surface area contributed by atoms with Gasteiger partial charge in [-0.15, -0.1) is 0 Å². The summed E-state index contributed by atoms with van der Waals surface area (Å²) in [6, 6.07) is -0.149. The number of piperidine rings is 1. The number of nitrogens with zero attached hydrogens (tertiary/aromatic N) is 1. The van der Waals surface area contributed by atoms with Gasteiger partial charge in [0.05, 0.1) is 0 Å². The van der Waals surface area contributed by atoms with Crippen molar-refractivity contribution in [2.45, 2.75) is 176 Å². The minimum absolute atomic E-state index is 0.0928. The van der Waals surface area contributed by atoms with Gasteiger partial charge in [-0.3, -0.25) is 10.2 Å². The van der Waals surface area contributed by atoms with Crippen molar-refractivity contribution < 1.29 is 4.79 Å². The highest BCUT2D eigenvalue weighted by molar-refractivity contribution is 5.89. The Labute approximate surface area is 281 Å². The zero-order chi connectivity index (χ0) is 32.9. The molecule has 3 N–H and O–H groups in total. The molecule has 3 rings (SSSR count). The number of allylic oxidation sites excluding steroid dienone is 1. The molecule has 2 saturated carbocycles. The van der Waals surface area contributed by atoms with Crippen molar-refractivity contribution in [3.8, 4) is 0 Å². The number of hydrazine groups is 1. The molecule has 0 aromatic rings. The molecular weight excluding hydrogens is 550 g/mol. The molecular formula is C41H77N3O. The highest BCUT2D eigenvalue weighted by atomic mass is 16.1. The van der Waals surface area contributed by atoms with E-state index in [1.54, 1.807) is 6.20 Å². The lowest BCUT2D eigenvalue weighted by Crippen LogP contribution is -2.59. The smallest absolute Gasteiger partial charge is 0.158 e. The van der Waals surface area contributed by atoms with Crippen LogP contribution < -0.4 is 11.2 Å². The predicted octanol–water partition coefficient (Wildman–Crippen LogP) is 11.0. The number of nitrogens with two attached hydrogens (primary N) is 1. The first-order valence-electron chi connectivity index (χ1n) is 20.0. The second kappa shape index (κ2) is 24.1. The van der Waals surface area contributed by atoms with Gasteiger partial charge in [0, 0.05) is 24.9 Å². The second-order valence-corrected chi connectivity index (χ2v) is 15.2. The quantitative estimate of drug-likeness (QED) is 0.148. The average molecular weight is 628 g/mol. The van der Waals surface area contributed by atoms with Crippen molar-refractivity contribution in [3.05, 3.63) is 24.4 Å². The van der Waals surface area contributed by atoms with E-state index in [0.29, 0.717) is 11.7 Å². The standard InChI is InChI=1S/C32H57N3O.C9H20/c1-4-7-10-25-12-16-27(17-13-25)22-30-29(20-21-33)24-35(31(9-6-3)32(30)36)34-23-28-18-14-26(15-19-28)11-8-5-2;1-4-7-8-9(5-2)6-3/h6,9,20-21,25-31,34H,4-5,7-8,10-19,22-24,33H2,1-3H3;9H,4-8H2,1-3H3/b9-6-,21-20-;. The Bertz CT molecular complexity index is 789. The monoisotopic (exact) mass is 628 g/mol. The maximum absolute atomic E-state index is 13.9. The third-order valence-electron chi connectivity index (χ3n) is 11.8. The van der Waals surface area contributed by atoms with Gasteiger partial charge in [-0.25, -0.2) is 5.01 Å². The molecule has 0 amide bonds. The van der Waals surface area contributed by atoms with Gasteiger partial charge in [0.15, 0.2) is 5.78 Å². The maximum atomic E-state index is 13.9. The minimum Gasteiger partial charge on any atom is -0.405 e. The molecule has 1 heterocycles. The average Bonchev–Trinajstić information content (AvgIpc) is 3.07. The van der Waals surface area contributed by atoms with Crippen LogP contribution in [0.2, 0.25) is 0 Å². The lowest BCUT2D eigenvalue weighted by Gasteiger charge is -2.43. The normalized spacial score (nSPS) is 29.8. The highest BCUT2D eigenvalue weighted by Crippen LogP contribution is 2.39. The SMILES string of the molecule is C/C=C\C1C(=O)C(CC2CCC(CCCC)CC2)C(/C=C\N)CN1NCC1CCC(CCCC)CC1.CCCCC(CC)CC. The Kier molecular flexibility index (Phi) is 21.4. The van der Waals surface area contributed by atoms with Crippen LogP contribution >= 0.6 is 0 Å². The van der Waals surface area contributed by atoms with Gasteiger partial charge in [0.25, 0.3) is 0 Å². The van der Waals surface area contributed by atoms with Crippen LogP contribution in [0.5, 0.6) is 0 Å². The number of Topliss-reactive ketones (excluding diaryl/α,β-unsaturated/α-hetero) is 1. The lowest BCUT2D eigenvalue weighted by atomic mass is 9.71. The summed E-state index contributed by atoms with van der Waals surface area (Å²) in [5.41, 5.74) is 9.64. The van der Waals surface area contributed by atoms with E-state index in [0.717, 1.165) is 43.2 Å². The van der Waals surface area contributed by atoms with Gasteiger partial charge in [-0.05, 0) is 62.0 Å². The molecule has 1 aliphatic heterocycles. The summed E-state index contributed by atoms with van der Waals surface area (Å²) in [7, 11) is 0. The summed E-state index contributed by atoms with van der Waals surface area (Å²) in [6.45, 7) is 15.4. The summed E-state index contributed by atoms with van der Waals surface area (Å²) in [6.07, 6.45) is 34.9. The van der Waals surface area contributed by atoms with Crippen molar-refractivity contribution in [2.75, 3.05) is 13.1 Å². The van der Waals surface area contributed by atoms with E-state index in [9.17, 15) is 4.79 Å². The Morgan fingerprint density at radius 3 is 1.80 bits per heavy atom. The molecule has 2 aliphatic carbocycles. The van der Waals surface area contributed by atoms with Crippen LogP contribution in [-0.2, 0) is 4.79 Å². The van der Waals surface area contributed by atoms with E-state index < -0.39 is 0 Å². The van der Waals surface area contributed by atoms with E-state index in [4.69, 9.17) is 5.73 Å². The van der Waals surface area contributed by atoms with Gasteiger partial charge >= 0.3 is 0 Å². The lowest BCUT2D eigenvalue weighted by molar-refractivity contribution is -0.135. The molecule has 0 aromatic heterocycles. The third kappa shape index (κ3) is 14.7. The Hall–Kier alpha value is -1.13. The fourth-order valence-electron chi connectivity index (χ4n) is 8.49. The summed E-state index contributed by atoms with van der Waals surface area (Å²) in [5, 5.41) is 2.24. The van der Waals surface area contributed by atoms with E-state index in [1.807, 2.05) is 6.92 Å². The largest absolute Gasteiger partial charge is 0.405 e. The molecule has 0 radical (unpaired) electrons. The van der Waals surface area contributed by atoms with Gasteiger partial charge in [-0.1, -0.05) is 162 Å². The molecule has 3 atom stereocenters. The van der Waals surface area contributed by atoms with Crippen LogP contribution in [0.3, 0.4) is 0 Å². The molecule has 262 valence electrons. The maximum Gasteiger partial charge on any atom is 0.158 e. The molecule has 3 fully saturated rings. The van der Waals surface area contributed by atoms with Crippen LogP contribution in [0, 0.1) is 41.4 Å². The van der Waals surface area contributed by atoms with Crippen molar-refractivity contribution in [1.29, 1.82) is 0 Å². The number of hydrogen-bond acceptors (Lipinski definition) is 4. The van der Waals surface area contributed by atoms with Gasteiger partial charge in [0.2, 0.25) is 0 Å². The first-order chi connectivity index (χ1) is 21.9. The van der Waals surface area contributed by atoms with Crippen LogP contribution in [0.4, 0.5) is 0 Å². The van der Waals surface area contributed by atoms with Crippen molar-refractivity contribution >= 4 is 5.78 Å². The van der Waals surface area contributed by atoms with Crippen molar-refractivity contribution in [1.82, 2.24) is 10.4 Å². The first kappa shape index (κ1) is 40.0. The van der Waals surface area contributed by atoms with Crippen LogP contribution in [0.15, 0.2) is 24.4 Å². The van der Waals surface area contributed by atoms with Gasteiger partial charge in [-0.2, -0.15) is 0 Å². The number of carbonyl (C=O) groups is 1.